The molecule has 2 heteroatoms. The van der Waals surface area contributed by atoms with E-state index in [2.05, 4.69) is 0 Å². The molecule has 0 bridgehead atoms. The van der Waals surface area contributed by atoms with Crippen LogP contribution in [0.25, 0.3) is 0 Å². The van der Waals surface area contributed by atoms with Crippen molar-refractivity contribution in [2.75, 3.05) is 0 Å². The molecule has 0 fully saturated rings. The van der Waals surface area contributed by atoms with E-state index in [1.807, 2.05) is 37.3 Å². The number of rotatable bonds is 3. The molecule has 1 aromatic rings. The van der Waals surface area contributed by atoms with Gasteiger partial charge in [0.05, 0.1) is 6.10 Å². The summed E-state index contributed by atoms with van der Waals surface area (Å²) in [4.78, 5) is 0. The molecule has 2 unspecified atom stereocenters. The Kier molecular flexibility index (Phi) is 3.07. The Hall–Kier alpha value is -0.860. The van der Waals surface area contributed by atoms with Crippen LogP contribution in [0.5, 0.6) is 0 Å². The van der Waals surface area contributed by atoms with Crippen LogP contribution < -0.4 is 0 Å². The van der Waals surface area contributed by atoms with Gasteiger partial charge in [-0.05, 0) is 18.9 Å². The lowest BCUT2D eigenvalue weighted by molar-refractivity contribution is -0.0678. The lowest BCUT2D eigenvalue weighted by Crippen LogP contribution is -2.35. The van der Waals surface area contributed by atoms with Crippen LogP contribution in [0, 0.1) is 0 Å². The van der Waals surface area contributed by atoms with Crippen LogP contribution in [0.3, 0.4) is 0 Å². The highest BCUT2D eigenvalue weighted by Gasteiger charge is 2.30. The lowest BCUT2D eigenvalue weighted by atomic mass is 9.89. The second-order valence-electron chi connectivity index (χ2n) is 3.44. The Labute approximate surface area is 78.8 Å². The maximum absolute atomic E-state index is 10.0. The molecule has 0 aromatic heterocycles. The molecule has 0 heterocycles. The van der Waals surface area contributed by atoms with Crippen molar-refractivity contribution in [3.8, 4) is 0 Å². The van der Waals surface area contributed by atoms with Gasteiger partial charge in [-0.2, -0.15) is 0 Å². The average molecular weight is 180 g/mol. The van der Waals surface area contributed by atoms with E-state index in [0.29, 0.717) is 6.42 Å². The smallest absolute Gasteiger partial charge is 0.113 e. The summed E-state index contributed by atoms with van der Waals surface area (Å²) in [6, 6.07) is 9.23. The Morgan fingerprint density at radius 2 is 1.85 bits per heavy atom. The van der Waals surface area contributed by atoms with Crippen LogP contribution in [-0.4, -0.2) is 16.3 Å². The third-order valence-electron chi connectivity index (χ3n) is 2.39. The largest absolute Gasteiger partial charge is 0.390 e. The average Bonchev–Trinajstić information content (AvgIpc) is 2.18. The van der Waals surface area contributed by atoms with Gasteiger partial charge in [0.1, 0.15) is 5.60 Å². The molecule has 0 aliphatic carbocycles. The van der Waals surface area contributed by atoms with Crippen LogP contribution >= 0.6 is 0 Å². The summed E-state index contributed by atoms with van der Waals surface area (Å²) in [5, 5.41) is 19.6. The molecule has 0 amide bonds. The molecule has 2 N–H and O–H groups in total. The molecule has 2 nitrogen and oxygen atoms in total. The molecule has 13 heavy (non-hydrogen) atoms. The van der Waals surface area contributed by atoms with Crippen molar-refractivity contribution in [2.45, 2.75) is 32.0 Å². The minimum absolute atomic E-state index is 0.544. The van der Waals surface area contributed by atoms with Crippen molar-refractivity contribution in [1.82, 2.24) is 0 Å². The number of hydrogen-bond donors (Lipinski definition) is 2. The quantitative estimate of drug-likeness (QED) is 0.742. The van der Waals surface area contributed by atoms with Crippen LogP contribution in [0.2, 0.25) is 0 Å². The predicted molar refractivity (Wildman–Crippen MR) is 52.3 cm³/mol. The van der Waals surface area contributed by atoms with E-state index < -0.39 is 11.7 Å². The van der Waals surface area contributed by atoms with Crippen molar-refractivity contribution in [1.29, 1.82) is 0 Å². The van der Waals surface area contributed by atoms with E-state index in [1.165, 1.54) is 0 Å². The van der Waals surface area contributed by atoms with Gasteiger partial charge in [-0.25, -0.2) is 0 Å². The van der Waals surface area contributed by atoms with Crippen molar-refractivity contribution in [3.05, 3.63) is 35.9 Å². The topological polar surface area (TPSA) is 40.5 Å². The summed E-state index contributed by atoms with van der Waals surface area (Å²) in [5.74, 6) is 0. The standard InChI is InChI=1S/C11H16O2/c1-3-10(12)11(2,13)9-7-5-4-6-8-9/h4-8,10,12-13H,3H2,1-2H3. The number of hydrogen-bond acceptors (Lipinski definition) is 2. The zero-order valence-corrected chi connectivity index (χ0v) is 8.07. The Morgan fingerprint density at radius 3 is 2.31 bits per heavy atom. The molecular weight excluding hydrogens is 164 g/mol. The van der Waals surface area contributed by atoms with E-state index in [4.69, 9.17) is 0 Å². The highest BCUT2D eigenvalue weighted by molar-refractivity contribution is 5.22. The molecule has 0 saturated carbocycles. The number of benzene rings is 1. The van der Waals surface area contributed by atoms with Crippen LogP contribution in [0.15, 0.2) is 30.3 Å². The summed E-state index contributed by atoms with van der Waals surface area (Å²) < 4.78 is 0. The SMILES string of the molecule is CCC(O)C(C)(O)c1ccccc1. The summed E-state index contributed by atoms with van der Waals surface area (Å²) in [6.07, 6.45) is -0.170. The lowest BCUT2D eigenvalue weighted by Gasteiger charge is -2.28. The molecule has 0 spiro atoms. The Balaban J connectivity index is 2.93. The monoisotopic (exact) mass is 180 g/mol. The molecule has 1 rings (SSSR count). The summed E-state index contributed by atoms with van der Waals surface area (Å²) in [5.41, 5.74) is -0.389. The van der Waals surface area contributed by atoms with E-state index in [9.17, 15) is 10.2 Å². The van der Waals surface area contributed by atoms with Crippen LogP contribution in [-0.2, 0) is 5.60 Å². The molecule has 1 aromatic carbocycles. The first kappa shape index (κ1) is 10.2. The third-order valence-corrected chi connectivity index (χ3v) is 2.39. The highest BCUT2D eigenvalue weighted by Crippen LogP contribution is 2.25. The molecule has 2 atom stereocenters. The van der Waals surface area contributed by atoms with Gasteiger partial charge in [0.2, 0.25) is 0 Å². The maximum Gasteiger partial charge on any atom is 0.113 e. The van der Waals surface area contributed by atoms with Crippen molar-refractivity contribution >= 4 is 0 Å². The van der Waals surface area contributed by atoms with Gasteiger partial charge in [-0.3, -0.25) is 0 Å². The molecule has 0 radical (unpaired) electrons. The van der Waals surface area contributed by atoms with Gasteiger partial charge in [-0.1, -0.05) is 37.3 Å². The fourth-order valence-corrected chi connectivity index (χ4v) is 1.37. The van der Waals surface area contributed by atoms with Crippen molar-refractivity contribution in [3.63, 3.8) is 0 Å². The summed E-state index contributed by atoms with van der Waals surface area (Å²) >= 11 is 0. The first-order chi connectivity index (χ1) is 6.09. The second-order valence-corrected chi connectivity index (χ2v) is 3.44. The second kappa shape index (κ2) is 3.90. The van der Waals surface area contributed by atoms with Gasteiger partial charge in [0.15, 0.2) is 0 Å². The van der Waals surface area contributed by atoms with Gasteiger partial charge in [0, 0.05) is 0 Å². The maximum atomic E-state index is 10.0. The summed E-state index contributed by atoms with van der Waals surface area (Å²) in [7, 11) is 0. The van der Waals surface area contributed by atoms with E-state index in [-0.39, 0.29) is 0 Å². The minimum atomic E-state index is -1.14. The van der Waals surface area contributed by atoms with E-state index in [0.717, 1.165) is 5.56 Å². The van der Waals surface area contributed by atoms with Crippen LogP contribution in [0.1, 0.15) is 25.8 Å². The van der Waals surface area contributed by atoms with Gasteiger partial charge >= 0.3 is 0 Å². The van der Waals surface area contributed by atoms with E-state index in [1.54, 1.807) is 6.92 Å². The molecule has 72 valence electrons. The van der Waals surface area contributed by atoms with Crippen LogP contribution in [0.4, 0.5) is 0 Å². The highest BCUT2D eigenvalue weighted by atomic mass is 16.3. The first-order valence-corrected chi connectivity index (χ1v) is 4.55. The fourth-order valence-electron chi connectivity index (χ4n) is 1.37. The predicted octanol–water partition coefficient (Wildman–Crippen LogP) is 1.66. The van der Waals surface area contributed by atoms with Gasteiger partial charge in [-0.15, -0.1) is 0 Å². The molecule has 0 aliphatic rings. The third kappa shape index (κ3) is 2.08. The fraction of sp³-hybridized carbons (Fsp3) is 0.455. The number of aliphatic hydroxyl groups excluding tert-OH is 1. The van der Waals surface area contributed by atoms with Crippen molar-refractivity contribution in [2.24, 2.45) is 0 Å². The molecular formula is C11H16O2. The Bertz CT molecular complexity index is 254. The molecule has 0 aliphatic heterocycles. The first-order valence-electron chi connectivity index (χ1n) is 4.55. The van der Waals surface area contributed by atoms with Crippen molar-refractivity contribution < 1.29 is 10.2 Å². The summed E-state index contributed by atoms with van der Waals surface area (Å²) in [6.45, 7) is 3.48. The normalized spacial score (nSPS) is 17.8. The van der Waals surface area contributed by atoms with Gasteiger partial charge in [0.25, 0.3) is 0 Å². The number of aliphatic hydroxyl groups is 2. The Morgan fingerprint density at radius 1 is 1.31 bits per heavy atom. The zero-order chi connectivity index (χ0) is 9.90. The zero-order valence-electron chi connectivity index (χ0n) is 8.07. The van der Waals surface area contributed by atoms with Gasteiger partial charge < -0.3 is 10.2 Å². The minimum Gasteiger partial charge on any atom is -0.390 e. The van der Waals surface area contributed by atoms with E-state index >= 15 is 0 Å². The molecule has 0 saturated heterocycles.